The van der Waals surface area contributed by atoms with E-state index in [0.717, 1.165) is 5.56 Å². The Hall–Kier alpha value is -1.95. The number of benzene rings is 1. The molecule has 8 nitrogen and oxygen atoms in total. The number of methoxy groups -OCH3 is 1. The third-order valence-corrected chi connectivity index (χ3v) is 6.10. The predicted molar refractivity (Wildman–Crippen MR) is 123 cm³/mol. The summed E-state index contributed by atoms with van der Waals surface area (Å²) in [4.78, 5) is 12.1. The van der Waals surface area contributed by atoms with E-state index in [9.17, 15) is 4.79 Å². The lowest BCUT2D eigenvalue weighted by molar-refractivity contribution is -0.222. The van der Waals surface area contributed by atoms with Crippen molar-refractivity contribution in [3.8, 4) is 0 Å². The van der Waals surface area contributed by atoms with Gasteiger partial charge in [0.15, 0.2) is 23.7 Å². The molecule has 6 atom stereocenters. The first-order chi connectivity index (χ1) is 16.0. The Morgan fingerprint density at radius 3 is 2.38 bits per heavy atom. The number of nitrogens with one attached hydrogen (secondary N) is 1. The molecule has 0 aromatic heterocycles. The summed E-state index contributed by atoms with van der Waals surface area (Å²) in [6, 6.07) is 8.45. The fraction of sp³-hybridized carbons (Fsp3) is 0.583. The van der Waals surface area contributed by atoms with E-state index in [2.05, 4.69) is 5.32 Å². The van der Waals surface area contributed by atoms with Crippen LogP contribution in [0, 0.1) is 0 Å². The Balaban J connectivity index is 1.50. The van der Waals surface area contributed by atoms with Crippen LogP contribution >= 0.6 is 12.2 Å². The molecule has 0 spiro atoms. The second-order valence-corrected chi connectivity index (χ2v) is 9.80. The van der Waals surface area contributed by atoms with Crippen molar-refractivity contribution in [1.82, 2.24) is 5.32 Å². The summed E-state index contributed by atoms with van der Waals surface area (Å²) in [6.07, 6.45) is -1.79. The van der Waals surface area contributed by atoms with Gasteiger partial charge in [0.05, 0.1) is 7.11 Å². The van der Waals surface area contributed by atoms with Crippen molar-refractivity contribution in [2.24, 2.45) is 0 Å². The standard InChI is InChI=1S/C24H30FNO7S/c1-23(2)30-17-16(29-22-19(18(17)31-23)32-24(3,4)33-22)12-14(25)20(34)26-15(21(27)28-5)11-13-9-7-6-8-10-13/h6-10,12,15-19,22H,11H2,1-5H3,(H,26,34)/b14-12+/t15-,16+,17+,18+,19-,22-/m1/s1. The molecule has 34 heavy (non-hydrogen) atoms. The number of carbonyl (C=O) groups excluding carboxylic acids is 1. The number of carbonyl (C=O) groups is 1. The minimum absolute atomic E-state index is 0.240. The summed E-state index contributed by atoms with van der Waals surface area (Å²) < 4.78 is 49.9. The normalized spacial score (nSPS) is 32.4. The molecule has 3 fully saturated rings. The van der Waals surface area contributed by atoms with Gasteiger partial charge in [0.1, 0.15) is 35.4 Å². The van der Waals surface area contributed by atoms with E-state index in [-0.39, 0.29) is 11.4 Å². The van der Waals surface area contributed by atoms with Crippen LogP contribution in [-0.4, -0.2) is 66.4 Å². The maximum Gasteiger partial charge on any atom is 0.328 e. The van der Waals surface area contributed by atoms with Crippen LogP contribution in [0.5, 0.6) is 0 Å². The van der Waals surface area contributed by atoms with E-state index in [1.54, 1.807) is 27.7 Å². The topological polar surface area (TPSA) is 84.5 Å². The third-order valence-electron chi connectivity index (χ3n) is 5.79. The lowest BCUT2D eigenvalue weighted by atomic mass is 9.98. The zero-order valence-electron chi connectivity index (χ0n) is 19.8. The Morgan fingerprint density at radius 2 is 1.71 bits per heavy atom. The van der Waals surface area contributed by atoms with Gasteiger partial charge in [-0.05, 0) is 39.3 Å². The molecule has 3 saturated heterocycles. The first kappa shape index (κ1) is 25.2. The second-order valence-electron chi connectivity index (χ2n) is 9.39. The lowest BCUT2D eigenvalue weighted by Crippen LogP contribution is -2.54. The lowest BCUT2D eigenvalue weighted by Gasteiger charge is -2.36. The summed E-state index contributed by atoms with van der Waals surface area (Å²) in [5.74, 6) is -3.10. The molecular weight excluding hydrogens is 465 g/mol. The Labute approximate surface area is 203 Å². The van der Waals surface area contributed by atoms with Crippen molar-refractivity contribution < 1.29 is 37.6 Å². The zero-order chi connectivity index (χ0) is 24.7. The largest absolute Gasteiger partial charge is 0.467 e. The SMILES string of the molecule is COC(=O)[C@@H](Cc1ccccc1)NC(=S)/C(F)=C\[C@@H]1O[C@@H]2OC(C)(C)O[C@@H]2[C@H]2OC(C)(C)O[C@H]21. The smallest absolute Gasteiger partial charge is 0.328 e. The number of ether oxygens (including phenoxy) is 6. The van der Waals surface area contributed by atoms with Crippen molar-refractivity contribution in [3.63, 3.8) is 0 Å². The summed E-state index contributed by atoms with van der Waals surface area (Å²) in [7, 11) is 1.27. The molecule has 3 aliphatic rings. The van der Waals surface area contributed by atoms with Crippen LogP contribution in [0.4, 0.5) is 4.39 Å². The molecule has 4 rings (SSSR count). The van der Waals surface area contributed by atoms with Gasteiger partial charge < -0.3 is 33.7 Å². The van der Waals surface area contributed by atoms with Crippen LogP contribution in [0.3, 0.4) is 0 Å². The predicted octanol–water partition coefficient (Wildman–Crippen LogP) is 2.94. The fourth-order valence-corrected chi connectivity index (χ4v) is 4.62. The summed E-state index contributed by atoms with van der Waals surface area (Å²) in [5, 5.41) is 2.77. The maximum absolute atomic E-state index is 15.2. The van der Waals surface area contributed by atoms with Crippen LogP contribution in [0.1, 0.15) is 33.3 Å². The zero-order valence-corrected chi connectivity index (χ0v) is 20.6. The molecule has 186 valence electrons. The average molecular weight is 496 g/mol. The first-order valence-electron chi connectivity index (χ1n) is 11.1. The van der Waals surface area contributed by atoms with E-state index in [4.69, 9.17) is 40.6 Å². The van der Waals surface area contributed by atoms with Crippen molar-refractivity contribution in [3.05, 3.63) is 47.8 Å². The molecule has 1 aromatic carbocycles. The molecule has 10 heteroatoms. The van der Waals surface area contributed by atoms with E-state index in [1.165, 1.54) is 13.2 Å². The van der Waals surface area contributed by atoms with Crippen LogP contribution < -0.4 is 5.32 Å². The number of hydrogen-bond donors (Lipinski definition) is 1. The monoisotopic (exact) mass is 495 g/mol. The highest BCUT2D eigenvalue weighted by atomic mass is 32.1. The second kappa shape index (κ2) is 9.60. The van der Waals surface area contributed by atoms with Crippen LogP contribution in [0.15, 0.2) is 42.2 Å². The average Bonchev–Trinajstić information content (AvgIpc) is 3.27. The van der Waals surface area contributed by atoms with Gasteiger partial charge >= 0.3 is 5.97 Å². The molecular formula is C24H30FNO7S. The van der Waals surface area contributed by atoms with Crippen LogP contribution in [0.2, 0.25) is 0 Å². The van der Waals surface area contributed by atoms with Gasteiger partial charge in [-0.3, -0.25) is 0 Å². The Morgan fingerprint density at radius 1 is 1.09 bits per heavy atom. The van der Waals surface area contributed by atoms with E-state index in [1.807, 2.05) is 30.3 Å². The van der Waals surface area contributed by atoms with E-state index in [0.29, 0.717) is 0 Å². The van der Waals surface area contributed by atoms with Crippen molar-refractivity contribution >= 4 is 23.2 Å². The highest BCUT2D eigenvalue weighted by Crippen LogP contribution is 2.44. The molecule has 0 aliphatic carbocycles. The number of thiocarbonyl (C=S) groups is 1. The van der Waals surface area contributed by atoms with Gasteiger partial charge in [0, 0.05) is 6.42 Å². The molecule has 0 amide bonds. The molecule has 3 aliphatic heterocycles. The number of rotatable bonds is 6. The quantitative estimate of drug-likeness (QED) is 0.364. The number of hydrogen-bond acceptors (Lipinski definition) is 8. The van der Waals surface area contributed by atoms with Gasteiger partial charge in [0.25, 0.3) is 0 Å². The van der Waals surface area contributed by atoms with Crippen LogP contribution in [-0.2, 0) is 39.6 Å². The summed E-state index contributed by atoms with van der Waals surface area (Å²) >= 11 is 5.25. The first-order valence-corrected chi connectivity index (χ1v) is 11.6. The van der Waals surface area contributed by atoms with Gasteiger partial charge in [-0.15, -0.1) is 0 Å². The molecule has 1 N–H and O–H groups in total. The fourth-order valence-electron chi connectivity index (χ4n) is 4.41. The van der Waals surface area contributed by atoms with Gasteiger partial charge in [-0.2, -0.15) is 0 Å². The molecule has 3 heterocycles. The number of esters is 1. The summed E-state index contributed by atoms with van der Waals surface area (Å²) in [6.45, 7) is 7.09. The van der Waals surface area contributed by atoms with E-state index < -0.39 is 60.1 Å². The molecule has 0 bridgehead atoms. The summed E-state index contributed by atoms with van der Waals surface area (Å²) in [5.41, 5.74) is 0.877. The molecule has 0 saturated carbocycles. The third kappa shape index (κ3) is 5.48. The molecule has 0 unspecified atom stereocenters. The van der Waals surface area contributed by atoms with Crippen molar-refractivity contribution in [2.45, 2.75) is 82.4 Å². The molecule has 1 aromatic rings. The Bertz CT molecular complexity index is 954. The van der Waals surface area contributed by atoms with Gasteiger partial charge in [-0.1, -0.05) is 42.5 Å². The van der Waals surface area contributed by atoms with Gasteiger partial charge in [0.2, 0.25) is 0 Å². The van der Waals surface area contributed by atoms with Crippen molar-refractivity contribution in [1.29, 1.82) is 0 Å². The number of halogens is 1. The van der Waals surface area contributed by atoms with Gasteiger partial charge in [-0.25, -0.2) is 9.18 Å². The van der Waals surface area contributed by atoms with Crippen molar-refractivity contribution in [2.75, 3.05) is 7.11 Å². The van der Waals surface area contributed by atoms with Crippen LogP contribution in [0.25, 0.3) is 0 Å². The number of fused-ring (bicyclic) bond motifs is 3. The minimum atomic E-state index is -0.906. The van der Waals surface area contributed by atoms with E-state index >= 15 is 4.39 Å². The molecule has 0 radical (unpaired) electrons. The maximum atomic E-state index is 15.2. The highest BCUT2D eigenvalue weighted by molar-refractivity contribution is 7.80. The minimum Gasteiger partial charge on any atom is -0.467 e. The highest BCUT2D eigenvalue weighted by Gasteiger charge is 2.60. The Kier molecular flexibility index (Phi) is 7.10.